The number of nitrogens with one attached hydrogen (secondary N) is 1. The van der Waals surface area contributed by atoms with E-state index in [1.165, 1.54) is 11.5 Å². The highest BCUT2D eigenvalue weighted by atomic mass is 32.2. The molecule has 0 radical (unpaired) electrons. The molecule has 0 saturated carbocycles. The van der Waals surface area contributed by atoms with E-state index in [1.807, 2.05) is 30.5 Å². The van der Waals surface area contributed by atoms with E-state index >= 15 is 0 Å². The Labute approximate surface area is 113 Å². The summed E-state index contributed by atoms with van der Waals surface area (Å²) in [7, 11) is 0. The van der Waals surface area contributed by atoms with Gasteiger partial charge in [-0.05, 0) is 36.8 Å². The zero-order chi connectivity index (χ0) is 13.1. The van der Waals surface area contributed by atoms with Crippen molar-refractivity contribution < 1.29 is 9.90 Å². The highest BCUT2D eigenvalue weighted by Gasteiger charge is 2.18. The van der Waals surface area contributed by atoms with Gasteiger partial charge in [0.1, 0.15) is 10.6 Å². The smallest absolute Gasteiger partial charge is 0.340 e. The van der Waals surface area contributed by atoms with Crippen LogP contribution in [0, 0.1) is 6.92 Å². The Morgan fingerprint density at radius 3 is 2.83 bits per heavy atom. The minimum absolute atomic E-state index is 0.246. The number of carboxylic acids is 1. The molecule has 2 aromatic rings. The first-order valence-corrected chi connectivity index (χ1v) is 7.23. The SMILES string of the molecule is CSc1ccccc1Nc1snc(C)c1C(=O)O. The number of benzene rings is 1. The summed E-state index contributed by atoms with van der Waals surface area (Å²) in [6.45, 7) is 1.70. The minimum Gasteiger partial charge on any atom is -0.478 e. The minimum atomic E-state index is -0.953. The number of rotatable bonds is 4. The van der Waals surface area contributed by atoms with Crippen LogP contribution < -0.4 is 5.32 Å². The predicted octanol–water partition coefficient (Wildman–Crippen LogP) is 3.62. The average molecular weight is 280 g/mol. The quantitative estimate of drug-likeness (QED) is 0.838. The van der Waals surface area contributed by atoms with Crippen molar-refractivity contribution in [2.75, 3.05) is 11.6 Å². The Morgan fingerprint density at radius 2 is 2.17 bits per heavy atom. The molecule has 0 spiro atoms. The molecule has 1 heterocycles. The molecule has 0 aliphatic carbocycles. The summed E-state index contributed by atoms with van der Waals surface area (Å²) in [5.41, 5.74) is 1.68. The molecule has 4 nitrogen and oxygen atoms in total. The molecule has 6 heteroatoms. The molecular weight excluding hydrogens is 268 g/mol. The topological polar surface area (TPSA) is 62.2 Å². The number of thioether (sulfide) groups is 1. The van der Waals surface area contributed by atoms with E-state index in [-0.39, 0.29) is 5.56 Å². The zero-order valence-corrected chi connectivity index (χ0v) is 11.6. The van der Waals surface area contributed by atoms with Gasteiger partial charge >= 0.3 is 5.97 Å². The maximum atomic E-state index is 11.2. The number of aromatic nitrogens is 1. The van der Waals surface area contributed by atoms with Crippen LogP contribution in [0.3, 0.4) is 0 Å². The van der Waals surface area contributed by atoms with Crippen LogP contribution in [0.1, 0.15) is 16.1 Å². The lowest BCUT2D eigenvalue weighted by Crippen LogP contribution is -2.01. The van der Waals surface area contributed by atoms with Gasteiger partial charge in [0.05, 0.1) is 11.4 Å². The van der Waals surface area contributed by atoms with Gasteiger partial charge in [-0.1, -0.05) is 12.1 Å². The lowest BCUT2D eigenvalue weighted by atomic mass is 10.2. The number of aryl methyl sites for hydroxylation is 1. The number of nitrogens with zero attached hydrogens (tertiary/aromatic N) is 1. The van der Waals surface area contributed by atoms with E-state index in [1.54, 1.807) is 18.7 Å². The van der Waals surface area contributed by atoms with Crippen LogP contribution >= 0.6 is 23.3 Å². The van der Waals surface area contributed by atoms with Crippen LogP contribution in [0.4, 0.5) is 10.7 Å². The Kier molecular flexibility index (Phi) is 3.88. The average Bonchev–Trinajstić information content (AvgIpc) is 2.71. The third kappa shape index (κ3) is 2.49. The molecule has 1 aromatic carbocycles. The second-order valence-electron chi connectivity index (χ2n) is 3.60. The van der Waals surface area contributed by atoms with Crippen LogP contribution in [-0.4, -0.2) is 21.7 Å². The predicted molar refractivity (Wildman–Crippen MR) is 75.3 cm³/mol. The fourth-order valence-electron chi connectivity index (χ4n) is 1.58. The van der Waals surface area contributed by atoms with E-state index in [0.29, 0.717) is 10.7 Å². The Bertz CT molecular complexity index is 581. The van der Waals surface area contributed by atoms with Gasteiger partial charge in [0, 0.05) is 4.90 Å². The van der Waals surface area contributed by atoms with Gasteiger partial charge < -0.3 is 10.4 Å². The zero-order valence-electron chi connectivity index (χ0n) is 9.93. The van der Waals surface area contributed by atoms with Crippen molar-refractivity contribution in [2.45, 2.75) is 11.8 Å². The summed E-state index contributed by atoms with van der Waals surface area (Å²) in [5, 5.41) is 12.9. The summed E-state index contributed by atoms with van der Waals surface area (Å²) in [5.74, 6) is -0.953. The van der Waals surface area contributed by atoms with Gasteiger partial charge in [0.15, 0.2) is 0 Å². The van der Waals surface area contributed by atoms with E-state index in [0.717, 1.165) is 10.6 Å². The van der Waals surface area contributed by atoms with Crippen LogP contribution in [0.2, 0.25) is 0 Å². The highest BCUT2D eigenvalue weighted by Crippen LogP contribution is 2.32. The summed E-state index contributed by atoms with van der Waals surface area (Å²) < 4.78 is 4.08. The third-order valence-electron chi connectivity index (χ3n) is 2.43. The van der Waals surface area contributed by atoms with Crippen LogP contribution in [0.15, 0.2) is 29.2 Å². The molecule has 0 aliphatic heterocycles. The molecule has 0 atom stereocenters. The maximum absolute atomic E-state index is 11.2. The van der Waals surface area contributed by atoms with Gasteiger partial charge in [-0.15, -0.1) is 11.8 Å². The molecule has 0 bridgehead atoms. The van der Waals surface area contributed by atoms with E-state index < -0.39 is 5.97 Å². The molecule has 0 aliphatic rings. The molecule has 0 unspecified atom stereocenters. The Balaban J connectivity index is 2.37. The number of para-hydroxylation sites is 1. The van der Waals surface area contributed by atoms with Crippen molar-refractivity contribution in [3.8, 4) is 0 Å². The fourth-order valence-corrected chi connectivity index (χ4v) is 2.93. The van der Waals surface area contributed by atoms with Gasteiger partial charge in [0.2, 0.25) is 0 Å². The highest BCUT2D eigenvalue weighted by molar-refractivity contribution is 7.98. The molecule has 1 aromatic heterocycles. The molecule has 94 valence electrons. The number of aromatic carboxylic acids is 1. The summed E-state index contributed by atoms with van der Waals surface area (Å²) in [4.78, 5) is 12.2. The normalized spacial score (nSPS) is 10.3. The lowest BCUT2D eigenvalue weighted by Gasteiger charge is -2.08. The van der Waals surface area contributed by atoms with Crippen molar-refractivity contribution >= 4 is 40.0 Å². The Hall–Kier alpha value is -1.53. The van der Waals surface area contributed by atoms with Crippen molar-refractivity contribution in [2.24, 2.45) is 0 Å². The fraction of sp³-hybridized carbons (Fsp3) is 0.167. The molecule has 0 fully saturated rings. The van der Waals surface area contributed by atoms with Crippen LogP contribution in [-0.2, 0) is 0 Å². The molecular formula is C12H12N2O2S2. The first-order valence-electron chi connectivity index (χ1n) is 5.23. The van der Waals surface area contributed by atoms with Crippen molar-refractivity contribution in [3.63, 3.8) is 0 Å². The monoisotopic (exact) mass is 280 g/mol. The number of carbonyl (C=O) groups is 1. The standard InChI is InChI=1S/C12H12N2O2S2/c1-7-10(12(15)16)11(18-14-7)13-8-5-3-4-6-9(8)17-2/h3-6,13H,1-2H3,(H,15,16). The maximum Gasteiger partial charge on any atom is 0.340 e. The number of carboxylic acid groups (broad SMARTS) is 1. The van der Waals surface area contributed by atoms with E-state index in [4.69, 9.17) is 5.11 Å². The largest absolute Gasteiger partial charge is 0.478 e. The second-order valence-corrected chi connectivity index (χ2v) is 5.22. The summed E-state index contributed by atoms with van der Waals surface area (Å²) in [6, 6.07) is 7.78. The molecule has 18 heavy (non-hydrogen) atoms. The number of hydrogen-bond donors (Lipinski definition) is 2. The summed E-state index contributed by atoms with van der Waals surface area (Å²) in [6.07, 6.45) is 1.98. The van der Waals surface area contributed by atoms with Crippen LogP contribution in [0.5, 0.6) is 0 Å². The molecule has 0 saturated heterocycles. The van der Waals surface area contributed by atoms with Crippen molar-refractivity contribution in [1.82, 2.24) is 4.37 Å². The van der Waals surface area contributed by atoms with Crippen molar-refractivity contribution in [3.05, 3.63) is 35.5 Å². The number of anilines is 2. The third-order valence-corrected chi connectivity index (χ3v) is 4.08. The van der Waals surface area contributed by atoms with Crippen molar-refractivity contribution in [1.29, 1.82) is 0 Å². The first-order chi connectivity index (χ1) is 8.63. The van der Waals surface area contributed by atoms with Crippen LogP contribution in [0.25, 0.3) is 0 Å². The second kappa shape index (κ2) is 5.41. The van der Waals surface area contributed by atoms with Gasteiger partial charge in [-0.2, -0.15) is 4.37 Å². The van der Waals surface area contributed by atoms with Gasteiger partial charge in [-0.3, -0.25) is 0 Å². The van der Waals surface area contributed by atoms with E-state index in [9.17, 15) is 4.79 Å². The van der Waals surface area contributed by atoms with Gasteiger partial charge in [0.25, 0.3) is 0 Å². The molecule has 2 rings (SSSR count). The lowest BCUT2D eigenvalue weighted by molar-refractivity contribution is 0.0697. The molecule has 2 N–H and O–H groups in total. The number of hydrogen-bond acceptors (Lipinski definition) is 5. The Morgan fingerprint density at radius 1 is 1.44 bits per heavy atom. The summed E-state index contributed by atoms with van der Waals surface area (Å²) >= 11 is 2.78. The van der Waals surface area contributed by atoms with Gasteiger partial charge in [-0.25, -0.2) is 4.79 Å². The first kappa shape index (κ1) is 12.9. The van der Waals surface area contributed by atoms with E-state index in [2.05, 4.69) is 9.69 Å². The molecule has 0 amide bonds.